The monoisotopic (exact) mass is 587 g/mol. The number of amides is 2. The third-order valence-corrected chi connectivity index (χ3v) is 6.69. The summed E-state index contributed by atoms with van der Waals surface area (Å²) >= 11 is 0. The van der Waals surface area contributed by atoms with E-state index in [2.05, 4.69) is 25.6 Å². The predicted molar refractivity (Wildman–Crippen MR) is 159 cm³/mol. The van der Waals surface area contributed by atoms with Crippen LogP contribution in [0.25, 0.3) is 11.0 Å². The second kappa shape index (κ2) is 13.9. The van der Waals surface area contributed by atoms with E-state index in [1.54, 1.807) is 30.3 Å². The number of benzene rings is 2. The number of rotatable bonds is 12. The van der Waals surface area contributed by atoms with Gasteiger partial charge in [-0.15, -0.1) is 0 Å². The Bertz CT molecular complexity index is 1630. The van der Waals surface area contributed by atoms with Crippen molar-refractivity contribution in [2.75, 3.05) is 25.1 Å². The Balaban J connectivity index is 1.29. The Morgan fingerprint density at radius 1 is 0.977 bits per heavy atom. The van der Waals surface area contributed by atoms with Crippen LogP contribution in [0.2, 0.25) is 0 Å². The van der Waals surface area contributed by atoms with Crippen LogP contribution in [0.3, 0.4) is 0 Å². The molecule has 0 radical (unpaired) electrons. The largest absolute Gasteiger partial charge is 0.467 e. The summed E-state index contributed by atoms with van der Waals surface area (Å²) in [7, 11) is 1.24. The minimum Gasteiger partial charge on any atom is -0.467 e. The normalized spacial score (nSPS) is 11.5. The van der Waals surface area contributed by atoms with Crippen molar-refractivity contribution in [2.45, 2.75) is 38.6 Å². The first kappa shape index (κ1) is 30.5. The first-order chi connectivity index (χ1) is 20.7. The lowest BCUT2D eigenvalue weighted by atomic mass is 10.0. The number of methoxy groups -OCH3 is 1. The van der Waals surface area contributed by atoms with Crippen molar-refractivity contribution >= 4 is 46.6 Å². The number of carbonyl (C=O) groups excluding carboxylic acids is 4. The van der Waals surface area contributed by atoms with E-state index in [9.17, 15) is 19.2 Å². The summed E-state index contributed by atoms with van der Waals surface area (Å²) < 4.78 is 9.95. The lowest BCUT2D eigenvalue weighted by Gasteiger charge is -2.17. The summed E-state index contributed by atoms with van der Waals surface area (Å²) in [6.07, 6.45) is 3.78. The van der Waals surface area contributed by atoms with Crippen molar-refractivity contribution in [2.24, 2.45) is 0 Å². The number of ether oxygens (including phenoxy) is 2. The van der Waals surface area contributed by atoms with E-state index in [1.165, 1.54) is 20.1 Å². The van der Waals surface area contributed by atoms with Crippen LogP contribution in [-0.4, -0.2) is 58.4 Å². The Morgan fingerprint density at radius 2 is 1.72 bits per heavy atom. The molecule has 2 aromatic carbocycles. The van der Waals surface area contributed by atoms with Gasteiger partial charge in [-0.25, -0.2) is 4.79 Å². The quantitative estimate of drug-likeness (QED) is 0.0929. The van der Waals surface area contributed by atoms with Crippen molar-refractivity contribution in [1.29, 1.82) is 0 Å². The van der Waals surface area contributed by atoms with Gasteiger partial charge >= 0.3 is 11.9 Å². The third kappa shape index (κ3) is 7.85. The molecule has 4 rings (SSSR count). The molecule has 0 fully saturated rings. The first-order valence-corrected chi connectivity index (χ1v) is 13.6. The molecule has 1 atom stereocenters. The van der Waals surface area contributed by atoms with Crippen molar-refractivity contribution in [3.8, 4) is 5.75 Å². The highest BCUT2D eigenvalue weighted by atomic mass is 16.5. The zero-order valence-corrected chi connectivity index (χ0v) is 23.8. The molecule has 224 valence electrons. The average Bonchev–Trinajstić information content (AvgIpc) is 3.40. The number of aromatic nitrogens is 3. The van der Waals surface area contributed by atoms with E-state index in [1.807, 2.05) is 18.3 Å². The maximum Gasteiger partial charge on any atom is 0.328 e. The highest BCUT2D eigenvalue weighted by Gasteiger charge is 2.22. The number of H-pyrrole nitrogens is 1. The molecule has 13 heteroatoms. The number of nitrogen functional groups attached to an aromatic ring is 2. The number of fused-ring (bicyclic) bond motifs is 1. The summed E-state index contributed by atoms with van der Waals surface area (Å²) in [5.74, 6) is -1.42. The van der Waals surface area contributed by atoms with Gasteiger partial charge in [0, 0.05) is 25.2 Å². The van der Waals surface area contributed by atoms with Crippen LogP contribution in [0.15, 0.2) is 54.7 Å². The molecule has 0 saturated heterocycles. The standard InChI is InChI=1S/C30H33N7O6/c1-17(38)43-23-8-4-3-6-21(23)28(40)33-15-5-7-22(29(41)42-2)35-27(39)19-12-9-18(10-13-19)11-14-20-16-34-26-24(20)25(31)36-30(32)37-26/h3-4,6,8-10,12-13,16,22H,5,7,11,14-15H2,1-2H3,(H,33,40)(H,35,39)(H5,31,32,34,36,37)/t22-/m0/s1. The number of nitrogens with two attached hydrogens (primary N) is 2. The van der Waals surface area contributed by atoms with Gasteiger partial charge in [-0.1, -0.05) is 24.3 Å². The van der Waals surface area contributed by atoms with E-state index >= 15 is 0 Å². The van der Waals surface area contributed by atoms with Crippen molar-refractivity contribution in [1.82, 2.24) is 25.6 Å². The van der Waals surface area contributed by atoms with Crippen molar-refractivity contribution in [3.05, 3.63) is 77.0 Å². The fourth-order valence-corrected chi connectivity index (χ4v) is 4.58. The SMILES string of the molecule is COC(=O)[C@H](CCCNC(=O)c1ccccc1OC(C)=O)NC(=O)c1ccc(CCc2c[nH]c3nc(N)nc(N)c23)cc1. The predicted octanol–water partition coefficient (Wildman–Crippen LogP) is 2.31. The second-order valence-corrected chi connectivity index (χ2v) is 9.74. The molecule has 0 unspecified atom stereocenters. The number of carbonyl (C=O) groups is 4. The second-order valence-electron chi connectivity index (χ2n) is 9.74. The Labute approximate surface area is 247 Å². The molecule has 0 bridgehead atoms. The van der Waals surface area contributed by atoms with Crippen molar-refractivity contribution in [3.63, 3.8) is 0 Å². The van der Waals surface area contributed by atoms with Crippen LogP contribution in [0, 0.1) is 0 Å². The van der Waals surface area contributed by atoms with Crippen LogP contribution < -0.4 is 26.8 Å². The summed E-state index contributed by atoms with van der Waals surface area (Å²) in [5.41, 5.74) is 14.8. The molecule has 43 heavy (non-hydrogen) atoms. The Hall–Kier alpha value is -5.46. The van der Waals surface area contributed by atoms with E-state index in [-0.39, 0.29) is 30.2 Å². The highest BCUT2D eigenvalue weighted by molar-refractivity contribution is 5.98. The number of hydrogen-bond acceptors (Lipinski definition) is 10. The molecule has 13 nitrogen and oxygen atoms in total. The van der Waals surface area contributed by atoms with Crippen LogP contribution in [0.1, 0.15) is 51.6 Å². The van der Waals surface area contributed by atoms with Gasteiger partial charge in [-0.3, -0.25) is 14.4 Å². The molecule has 0 saturated carbocycles. The highest BCUT2D eigenvalue weighted by Crippen LogP contribution is 2.24. The molecule has 0 aliphatic heterocycles. The lowest BCUT2D eigenvalue weighted by molar-refractivity contribution is -0.143. The van der Waals surface area contributed by atoms with Gasteiger partial charge in [-0.2, -0.15) is 9.97 Å². The molecular weight excluding hydrogens is 554 g/mol. The Morgan fingerprint density at radius 3 is 2.44 bits per heavy atom. The molecule has 4 aromatic rings. The van der Waals surface area contributed by atoms with E-state index in [0.717, 1.165) is 16.5 Å². The first-order valence-electron chi connectivity index (χ1n) is 13.6. The molecule has 2 amide bonds. The van der Waals surface area contributed by atoms with E-state index < -0.39 is 29.8 Å². The number of aromatic amines is 1. The van der Waals surface area contributed by atoms with Crippen molar-refractivity contribution < 1.29 is 28.7 Å². The smallest absolute Gasteiger partial charge is 0.328 e. The lowest BCUT2D eigenvalue weighted by Crippen LogP contribution is -2.42. The molecule has 0 aliphatic carbocycles. The number of anilines is 2. The summed E-state index contributed by atoms with van der Waals surface area (Å²) in [5, 5.41) is 6.19. The minimum atomic E-state index is -0.911. The summed E-state index contributed by atoms with van der Waals surface area (Å²) in [6.45, 7) is 1.47. The van der Waals surface area contributed by atoms with Gasteiger partial charge in [0.1, 0.15) is 23.3 Å². The van der Waals surface area contributed by atoms with Gasteiger partial charge in [0.2, 0.25) is 5.95 Å². The number of aryl methyl sites for hydroxylation is 2. The maximum absolute atomic E-state index is 12.9. The van der Waals surface area contributed by atoms with E-state index in [4.69, 9.17) is 20.9 Å². The summed E-state index contributed by atoms with van der Waals surface area (Å²) in [4.78, 5) is 60.4. The zero-order chi connectivity index (χ0) is 30.9. The average molecular weight is 588 g/mol. The molecule has 7 N–H and O–H groups in total. The minimum absolute atomic E-state index is 0.104. The molecule has 0 spiro atoms. The zero-order valence-electron chi connectivity index (χ0n) is 23.8. The van der Waals surface area contributed by atoms with Crippen LogP contribution in [0.4, 0.5) is 11.8 Å². The summed E-state index contributed by atoms with van der Waals surface area (Å²) in [6, 6.07) is 12.5. The van der Waals surface area contributed by atoms with E-state index in [0.29, 0.717) is 36.3 Å². The topological polar surface area (TPSA) is 204 Å². The number of nitrogens with zero attached hydrogens (tertiary/aromatic N) is 2. The van der Waals surface area contributed by atoms with Crippen LogP contribution >= 0.6 is 0 Å². The van der Waals surface area contributed by atoms with Crippen LogP contribution in [0.5, 0.6) is 5.75 Å². The maximum atomic E-state index is 12.9. The number of para-hydroxylation sites is 1. The third-order valence-electron chi connectivity index (χ3n) is 6.69. The molecule has 2 aromatic heterocycles. The van der Waals surface area contributed by atoms with Gasteiger partial charge in [0.25, 0.3) is 11.8 Å². The fourth-order valence-electron chi connectivity index (χ4n) is 4.58. The van der Waals surface area contributed by atoms with Gasteiger partial charge in [-0.05, 0) is 61.1 Å². The van der Waals surface area contributed by atoms with Gasteiger partial charge in [0.05, 0.1) is 18.1 Å². The molecular formula is C30H33N7O6. The van der Waals surface area contributed by atoms with Gasteiger partial charge in [0.15, 0.2) is 0 Å². The number of nitrogens with one attached hydrogen (secondary N) is 3. The molecule has 0 aliphatic rings. The number of esters is 2. The van der Waals surface area contributed by atoms with Gasteiger partial charge < -0.3 is 36.6 Å². The molecule has 2 heterocycles. The fraction of sp³-hybridized carbons (Fsp3) is 0.267. The van der Waals surface area contributed by atoms with Crippen LogP contribution in [-0.2, 0) is 27.2 Å². The Kier molecular flexibility index (Phi) is 9.89. The number of hydrogen-bond donors (Lipinski definition) is 5.